The van der Waals surface area contributed by atoms with E-state index in [1.807, 2.05) is 79.4 Å². The average molecular weight is 468 g/mol. The van der Waals surface area contributed by atoms with E-state index >= 15 is 0 Å². The summed E-state index contributed by atoms with van der Waals surface area (Å²) >= 11 is 0. The summed E-state index contributed by atoms with van der Waals surface area (Å²) in [6.45, 7) is 5.57. The zero-order valence-electron chi connectivity index (χ0n) is 20.1. The maximum Gasteiger partial charge on any atom is 0.295 e. The zero-order valence-corrected chi connectivity index (χ0v) is 20.1. The maximum atomic E-state index is 13.7. The molecule has 1 amide bonds. The fourth-order valence-corrected chi connectivity index (χ4v) is 4.62. The Hall–Kier alpha value is -4.00. The summed E-state index contributed by atoms with van der Waals surface area (Å²) in [5, 5.41) is 3.07. The first kappa shape index (κ1) is 22.8. The van der Waals surface area contributed by atoms with E-state index in [0.717, 1.165) is 29.7 Å². The highest BCUT2D eigenvalue weighted by molar-refractivity contribution is 5.93. The van der Waals surface area contributed by atoms with E-state index in [4.69, 9.17) is 4.98 Å². The number of benzene rings is 2. The van der Waals surface area contributed by atoms with Crippen molar-refractivity contribution in [3.05, 3.63) is 93.9 Å². The van der Waals surface area contributed by atoms with E-state index in [1.54, 1.807) is 10.8 Å². The third-order valence-corrected chi connectivity index (χ3v) is 6.64. The number of nitrogens with one attached hydrogen (secondary N) is 1. The lowest BCUT2D eigenvalue weighted by Gasteiger charge is -2.32. The molecule has 7 heteroatoms. The number of pyridine rings is 1. The van der Waals surface area contributed by atoms with Crippen LogP contribution in [-0.4, -0.2) is 33.5 Å². The second-order valence-corrected chi connectivity index (χ2v) is 9.25. The highest BCUT2D eigenvalue weighted by Crippen LogP contribution is 2.24. The Kier molecular flexibility index (Phi) is 6.31. The van der Waals surface area contributed by atoms with Gasteiger partial charge in [-0.1, -0.05) is 48.0 Å². The molecule has 1 saturated heterocycles. The average Bonchev–Trinajstić information content (AvgIpc) is 2.88. The Morgan fingerprint density at radius 2 is 1.86 bits per heavy atom. The van der Waals surface area contributed by atoms with Gasteiger partial charge in [0.05, 0.1) is 12.5 Å². The first-order valence-corrected chi connectivity index (χ1v) is 12.0. The lowest BCUT2D eigenvalue weighted by Crippen LogP contribution is -2.44. The number of aromatic nitrogens is 3. The molecule has 35 heavy (non-hydrogen) atoms. The van der Waals surface area contributed by atoms with E-state index in [-0.39, 0.29) is 17.4 Å². The van der Waals surface area contributed by atoms with Crippen LogP contribution in [0.5, 0.6) is 0 Å². The highest BCUT2D eigenvalue weighted by Gasteiger charge is 2.29. The number of fused-ring (bicyclic) bond motifs is 1. The van der Waals surface area contributed by atoms with Gasteiger partial charge in [0.15, 0.2) is 11.5 Å². The Bertz CT molecular complexity index is 1430. The van der Waals surface area contributed by atoms with Crippen LogP contribution in [0.4, 0.5) is 11.5 Å². The molecule has 1 aliphatic heterocycles. The third-order valence-electron chi connectivity index (χ3n) is 6.64. The molecule has 0 aliphatic carbocycles. The van der Waals surface area contributed by atoms with E-state index in [9.17, 15) is 9.59 Å². The van der Waals surface area contributed by atoms with Gasteiger partial charge in [0.25, 0.3) is 5.56 Å². The lowest BCUT2D eigenvalue weighted by atomic mass is 9.97. The third kappa shape index (κ3) is 4.80. The minimum atomic E-state index is -0.223. The van der Waals surface area contributed by atoms with Crippen LogP contribution < -0.4 is 15.8 Å². The second kappa shape index (κ2) is 9.70. The Morgan fingerprint density at radius 1 is 1.06 bits per heavy atom. The van der Waals surface area contributed by atoms with Gasteiger partial charge in [-0.15, -0.1) is 0 Å². The quantitative estimate of drug-likeness (QED) is 0.473. The number of para-hydroxylation sites is 1. The van der Waals surface area contributed by atoms with Crippen LogP contribution in [-0.2, 0) is 11.3 Å². The van der Waals surface area contributed by atoms with Gasteiger partial charge in [-0.3, -0.25) is 14.2 Å². The summed E-state index contributed by atoms with van der Waals surface area (Å²) < 4.78 is 1.69. The molecule has 0 bridgehead atoms. The SMILES string of the molecule is Cc1ccc(Cn2c(=O)c(N3CCC[C@H](C(=O)Nc4ccccc4C)C3)nc3cccnc32)cc1. The summed E-state index contributed by atoms with van der Waals surface area (Å²) in [5.74, 6) is 0.136. The molecule has 0 radical (unpaired) electrons. The largest absolute Gasteiger partial charge is 0.351 e. The minimum Gasteiger partial charge on any atom is -0.351 e. The van der Waals surface area contributed by atoms with Crippen molar-refractivity contribution in [1.29, 1.82) is 0 Å². The number of amides is 1. The van der Waals surface area contributed by atoms with Gasteiger partial charge >= 0.3 is 0 Å². The summed E-state index contributed by atoms with van der Waals surface area (Å²) in [6, 6.07) is 19.6. The molecular formula is C28H29N5O2. The summed E-state index contributed by atoms with van der Waals surface area (Å²) in [7, 11) is 0. The Morgan fingerprint density at radius 3 is 2.66 bits per heavy atom. The van der Waals surface area contributed by atoms with Gasteiger partial charge in [-0.05, 0) is 56.0 Å². The molecule has 1 atom stereocenters. The van der Waals surface area contributed by atoms with E-state index < -0.39 is 0 Å². The second-order valence-electron chi connectivity index (χ2n) is 9.25. The molecule has 0 spiro atoms. The number of rotatable bonds is 5. The fraction of sp³-hybridized carbons (Fsp3) is 0.286. The smallest absolute Gasteiger partial charge is 0.295 e. The number of nitrogens with zero attached hydrogens (tertiary/aromatic N) is 4. The molecule has 1 aliphatic rings. The van der Waals surface area contributed by atoms with E-state index in [2.05, 4.69) is 10.3 Å². The molecule has 0 saturated carbocycles. The molecule has 1 N–H and O–H groups in total. The predicted octanol–water partition coefficient (Wildman–Crippen LogP) is 4.31. The van der Waals surface area contributed by atoms with Gasteiger partial charge in [0.2, 0.25) is 5.91 Å². The standard InChI is InChI=1S/C28H29N5O2/c1-19-11-13-21(14-12-19)17-33-25-24(10-5-15-29-25)30-26(28(33)35)32-16-6-8-22(18-32)27(34)31-23-9-4-3-7-20(23)2/h3-5,7,9-15,22H,6,8,16-18H2,1-2H3,(H,31,34)/t22-/m0/s1. The van der Waals surface area contributed by atoms with Gasteiger partial charge < -0.3 is 10.2 Å². The molecule has 2 aromatic heterocycles. The van der Waals surface area contributed by atoms with Gasteiger partial charge in [0, 0.05) is 25.0 Å². The molecule has 2 aromatic carbocycles. The molecule has 1 fully saturated rings. The minimum absolute atomic E-state index is 0.0218. The number of aryl methyl sites for hydroxylation is 2. The predicted molar refractivity (Wildman–Crippen MR) is 139 cm³/mol. The van der Waals surface area contributed by atoms with Gasteiger partial charge in [-0.2, -0.15) is 0 Å². The van der Waals surface area contributed by atoms with Crippen LogP contribution in [0.3, 0.4) is 0 Å². The number of carbonyl (C=O) groups is 1. The summed E-state index contributed by atoms with van der Waals surface area (Å²) in [4.78, 5) is 37.9. The number of anilines is 2. The maximum absolute atomic E-state index is 13.7. The van der Waals surface area contributed by atoms with E-state index in [0.29, 0.717) is 36.6 Å². The van der Waals surface area contributed by atoms with Crippen LogP contribution in [0.1, 0.15) is 29.5 Å². The normalized spacial score (nSPS) is 15.8. The highest BCUT2D eigenvalue weighted by atomic mass is 16.2. The lowest BCUT2D eigenvalue weighted by molar-refractivity contribution is -0.120. The molecule has 3 heterocycles. The van der Waals surface area contributed by atoms with Crippen molar-refractivity contribution < 1.29 is 4.79 Å². The Balaban J connectivity index is 1.45. The van der Waals surface area contributed by atoms with Crippen LogP contribution in [0, 0.1) is 19.8 Å². The van der Waals surface area contributed by atoms with E-state index in [1.165, 1.54) is 5.56 Å². The van der Waals surface area contributed by atoms with Crippen molar-refractivity contribution in [3.63, 3.8) is 0 Å². The molecule has 0 unspecified atom stereocenters. The summed E-state index contributed by atoms with van der Waals surface area (Å²) in [5.41, 5.74) is 5.09. The van der Waals surface area contributed by atoms with Gasteiger partial charge in [0.1, 0.15) is 5.52 Å². The van der Waals surface area contributed by atoms with Crippen LogP contribution in [0.2, 0.25) is 0 Å². The molecule has 7 nitrogen and oxygen atoms in total. The molecule has 178 valence electrons. The van der Waals surface area contributed by atoms with Crippen molar-refractivity contribution >= 4 is 28.6 Å². The van der Waals surface area contributed by atoms with Crippen molar-refractivity contribution in [2.45, 2.75) is 33.2 Å². The van der Waals surface area contributed by atoms with Crippen molar-refractivity contribution in [2.24, 2.45) is 5.92 Å². The topological polar surface area (TPSA) is 80.1 Å². The molecule has 4 aromatic rings. The number of hydrogen-bond donors (Lipinski definition) is 1. The van der Waals surface area contributed by atoms with Crippen molar-refractivity contribution in [1.82, 2.24) is 14.5 Å². The summed E-state index contributed by atoms with van der Waals surface area (Å²) in [6.07, 6.45) is 3.28. The number of carbonyl (C=O) groups excluding carboxylic acids is 1. The fourth-order valence-electron chi connectivity index (χ4n) is 4.62. The molecular weight excluding hydrogens is 438 g/mol. The van der Waals surface area contributed by atoms with Crippen LogP contribution in [0.15, 0.2) is 71.7 Å². The van der Waals surface area contributed by atoms with Crippen molar-refractivity contribution in [2.75, 3.05) is 23.3 Å². The zero-order chi connectivity index (χ0) is 24.4. The number of hydrogen-bond acceptors (Lipinski definition) is 5. The monoisotopic (exact) mass is 467 g/mol. The first-order valence-electron chi connectivity index (χ1n) is 12.0. The van der Waals surface area contributed by atoms with Gasteiger partial charge in [-0.25, -0.2) is 9.97 Å². The molecule has 5 rings (SSSR count). The van der Waals surface area contributed by atoms with Crippen LogP contribution >= 0.6 is 0 Å². The number of piperidine rings is 1. The Labute approximate surface area is 204 Å². The first-order chi connectivity index (χ1) is 17.0. The van der Waals surface area contributed by atoms with Crippen LogP contribution in [0.25, 0.3) is 11.2 Å². The van der Waals surface area contributed by atoms with Crippen molar-refractivity contribution in [3.8, 4) is 0 Å².